The van der Waals surface area contributed by atoms with Crippen molar-refractivity contribution in [2.24, 2.45) is 0 Å². The van der Waals surface area contributed by atoms with Crippen LogP contribution in [0.1, 0.15) is 12.8 Å². The highest BCUT2D eigenvalue weighted by Crippen LogP contribution is 2.10. The van der Waals surface area contributed by atoms with Gasteiger partial charge in [-0.15, -0.1) is 0 Å². The average Bonchev–Trinajstić information content (AvgIpc) is 2.26. The Labute approximate surface area is 150 Å². The van der Waals surface area contributed by atoms with Crippen LogP contribution < -0.4 is 15.3 Å². The molecule has 0 saturated carbocycles. The van der Waals surface area contributed by atoms with Crippen molar-refractivity contribution >= 4 is 36.8 Å². The SMILES string of the molecule is C[Si](C)(C)NC(=O)NCCCC(N[Si](C)(C)C)C(=O)O[Si](C)(C)C. The lowest BCUT2D eigenvalue weighted by atomic mass is 10.2. The molecule has 0 bridgehead atoms. The van der Waals surface area contributed by atoms with Gasteiger partial charge in [0.05, 0.1) is 6.04 Å². The van der Waals surface area contributed by atoms with Crippen LogP contribution in [0.15, 0.2) is 0 Å². The summed E-state index contributed by atoms with van der Waals surface area (Å²) in [6.07, 6.45) is 1.41. The highest BCUT2D eigenvalue weighted by Gasteiger charge is 2.29. The third kappa shape index (κ3) is 13.8. The van der Waals surface area contributed by atoms with E-state index in [2.05, 4.69) is 54.6 Å². The van der Waals surface area contributed by atoms with Gasteiger partial charge in [-0.05, 0) is 32.5 Å². The van der Waals surface area contributed by atoms with E-state index in [1.54, 1.807) is 0 Å². The number of nitrogens with one attached hydrogen (secondary N) is 3. The summed E-state index contributed by atoms with van der Waals surface area (Å²) in [6.45, 7) is 19.3. The summed E-state index contributed by atoms with van der Waals surface area (Å²) in [5, 5.41) is 2.87. The van der Waals surface area contributed by atoms with Crippen molar-refractivity contribution in [3.63, 3.8) is 0 Å². The maximum atomic E-state index is 12.4. The van der Waals surface area contributed by atoms with Crippen LogP contribution in [0.3, 0.4) is 0 Å². The predicted octanol–water partition coefficient (Wildman–Crippen LogP) is 3.07. The number of amides is 2. The zero-order chi connectivity index (χ0) is 19.2. The largest absolute Gasteiger partial charge is 0.519 e. The van der Waals surface area contributed by atoms with Gasteiger partial charge in [0.25, 0.3) is 0 Å². The van der Waals surface area contributed by atoms with Gasteiger partial charge in [-0.25, -0.2) is 4.79 Å². The van der Waals surface area contributed by atoms with Gasteiger partial charge < -0.3 is 19.7 Å². The Kier molecular flexibility index (Phi) is 8.91. The van der Waals surface area contributed by atoms with E-state index in [9.17, 15) is 9.59 Å². The van der Waals surface area contributed by atoms with Crippen molar-refractivity contribution in [2.75, 3.05) is 6.54 Å². The molecule has 0 aliphatic rings. The van der Waals surface area contributed by atoms with Gasteiger partial charge in [-0.2, -0.15) is 0 Å². The van der Waals surface area contributed by atoms with Crippen LogP contribution in [0, 0.1) is 0 Å². The van der Waals surface area contributed by atoms with Gasteiger partial charge in [0, 0.05) is 6.54 Å². The first kappa shape index (κ1) is 23.4. The van der Waals surface area contributed by atoms with Crippen LogP contribution in [0.4, 0.5) is 4.79 Å². The summed E-state index contributed by atoms with van der Waals surface area (Å²) in [5.74, 6) is -0.150. The molecular weight excluding hydrogens is 354 g/mol. The van der Waals surface area contributed by atoms with Crippen LogP contribution in [0.5, 0.6) is 0 Å². The van der Waals surface area contributed by atoms with Gasteiger partial charge in [-0.1, -0.05) is 39.3 Å². The zero-order valence-electron chi connectivity index (χ0n) is 16.9. The summed E-state index contributed by atoms with van der Waals surface area (Å²) in [5.41, 5.74) is 0. The molecule has 0 saturated heterocycles. The first-order chi connectivity index (χ1) is 10.6. The molecule has 1 atom stereocenters. The van der Waals surface area contributed by atoms with E-state index in [0.717, 1.165) is 6.42 Å². The first-order valence-corrected chi connectivity index (χ1v) is 19.1. The Bertz CT molecular complexity index is 426. The second-order valence-electron chi connectivity index (χ2n) is 9.25. The molecule has 0 aromatic carbocycles. The molecule has 6 nitrogen and oxygen atoms in total. The fourth-order valence-corrected chi connectivity index (χ4v) is 4.86. The maximum Gasteiger partial charge on any atom is 0.309 e. The molecule has 0 aromatic heterocycles. The Morgan fingerprint density at radius 1 is 0.917 bits per heavy atom. The minimum absolute atomic E-state index is 0.117. The summed E-state index contributed by atoms with van der Waals surface area (Å²) in [4.78, 5) is 30.7. The number of hydrogen-bond donors (Lipinski definition) is 3. The molecule has 0 aliphatic heterocycles. The predicted molar refractivity (Wildman–Crippen MR) is 109 cm³/mol. The minimum Gasteiger partial charge on any atom is -0.519 e. The number of urea groups is 1. The van der Waals surface area contributed by atoms with E-state index in [1.165, 1.54) is 0 Å². The molecule has 3 N–H and O–H groups in total. The molecule has 2 amide bonds. The van der Waals surface area contributed by atoms with Crippen molar-refractivity contribution in [3.8, 4) is 0 Å². The first-order valence-electron chi connectivity index (χ1n) is 8.66. The molecule has 0 aliphatic carbocycles. The van der Waals surface area contributed by atoms with Gasteiger partial charge in [0.2, 0.25) is 8.32 Å². The smallest absolute Gasteiger partial charge is 0.309 e. The van der Waals surface area contributed by atoms with E-state index >= 15 is 0 Å². The fourth-order valence-electron chi connectivity index (χ4n) is 2.04. The Morgan fingerprint density at radius 3 is 1.88 bits per heavy atom. The molecule has 0 heterocycles. The number of carbonyl (C=O) groups excluding carboxylic acids is 2. The van der Waals surface area contributed by atoms with Crippen molar-refractivity contribution < 1.29 is 14.0 Å². The second-order valence-corrected chi connectivity index (χ2v) is 23.2. The van der Waals surface area contributed by atoms with E-state index in [0.29, 0.717) is 13.0 Å². The monoisotopic (exact) mass is 391 g/mol. The van der Waals surface area contributed by atoms with E-state index in [-0.39, 0.29) is 18.0 Å². The molecule has 0 radical (unpaired) electrons. The summed E-state index contributed by atoms with van der Waals surface area (Å²) in [6, 6.07) is -0.404. The summed E-state index contributed by atoms with van der Waals surface area (Å²) in [7, 11) is -5.12. The topological polar surface area (TPSA) is 79.5 Å². The van der Waals surface area contributed by atoms with Crippen LogP contribution in [0.25, 0.3) is 0 Å². The van der Waals surface area contributed by atoms with Gasteiger partial charge in [0.15, 0.2) is 0 Å². The van der Waals surface area contributed by atoms with Crippen molar-refractivity contribution in [1.82, 2.24) is 15.3 Å². The molecule has 0 spiro atoms. The van der Waals surface area contributed by atoms with Gasteiger partial charge in [0.1, 0.15) is 16.5 Å². The number of hydrogen-bond acceptors (Lipinski definition) is 4. The molecule has 24 heavy (non-hydrogen) atoms. The van der Waals surface area contributed by atoms with Gasteiger partial charge >= 0.3 is 12.0 Å². The Hall–Kier alpha value is -0.649. The highest BCUT2D eigenvalue weighted by molar-refractivity contribution is 6.75. The third-order valence-corrected chi connectivity index (χ3v) is 5.75. The number of carbonyl (C=O) groups is 2. The van der Waals surface area contributed by atoms with Crippen LogP contribution >= 0.6 is 0 Å². The molecule has 142 valence electrons. The van der Waals surface area contributed by atoms with Crippen molar-refractivity contribution in [1.29, 1.82) is 0 Å². The van der Waals surface area contributed by atoms with E-state index in [1.807, 2.05) is 19.6 Å². The summed E-state index contributed by atoms with van der Waals surface area (Å²) < 4.78 is 5.66. The quantitative estimate of drug-likeness (QED) is 0.417. The van der Waals surface area contributed by atoms with Crippen molar-refractivity contribution in [2.45, 2.75) is 77.8 Å². The molecular formula is C15H37N3O3Si3. The average molecular weight is 392 g/mol. The van der Waals surface area contributed by atoms with Gasteiger partial charge in [-0.3, -0.25) is 4.79 Å². The molecule has 0 rings (SSSR count). The third-order valence-electron chi connectivity index (χ3n) is 2.74. The van der Waals surface area contributed by atoms with E-state index < -0.39 is 24.8 Å². The van der Waals surface area contributed by atoms with Crippen LogP contribution in [-0.4, -0.2) is 49.4 Å². The zero-order valence-corrected chi connectivity index (χ0v) is 19.9. The number of rotatable bonds is 9. The highest BCUT2D eigenvalue weighted by atomic mass is 28.4. The maximum absolute atomic E-state index is 12.4. The normalized spacial score (nSPS) is 14.0. The Balaban J connectivity index is 4.47. The Morgan fingerprint density at radius 2 is 1.46 bits per heavy atom. The molecule has 1 unspecified atom stereocenters. The molecule has 9 heteroatoms. The lowest BCUT2D eigenvalue weighted by Crippen LogP contribution is -2.53. The van der Waals surface area contributed by atoms with Crippen LogP contribution in [-0.2, 0) is 9.22 Å². The van der Waals surface area contributed by atoms with E-state index in [4.69, 9.17) is 4.43 Å². The fraction of sp³-hybridized carbons (Fsp3) is 0.867. The second kappa shape index (κ2) is 9.16. The van der Waals surface area contributed by atoms with Crippen LogP contribution in [0.2, 0.25) is 58.9 Å². The lowest BCUT2D eigenvalue weighted by molar-refractivity contribution is -0.137. The van der Waals surface area contributed by atoms with Crippen molar-refractivity contribution in [3.05, 3.63) is 0 Å². The standard InChI is InChI=1S/C15H37N3O3Si3/c1-22(2,3)17-13(14(19)21-24(7,8)9)11-10-12-16-15(20)18-23(4,5)6/h13,17H,10-12H2,1-9H3,(H2,16,18,20). The molecule has 0 fully saturated rings. The minimum atomic E-state index is -1.90. The molecule has 0 aromatic rings. The summed E-state index contributed by atoms with van der Waals surface area (Å²) >= 11 is 0. The lowest BCUT2D eigenvalue weighted by Gasteiger charge is -2.28.